The largest absolute Gasteiger partial charge is 0.435 e. The van der Waals surface area contributed by atoms with Crippen molar-refractivity contribution in [1.82, 2.24) is 15.1 Å². The van der Waals surface area contributed by atoms with E-state index in [2.05, 4.69) is 10.4 Å². The Labute approximate surface area is 140 Å². The fourth-order valence-electron chi connectivity index (χ4n) is 1.69. The van der Waals surface area contributed by atoms with Gasteiger partial charge in [0.25, 0.3) is 0 Å². The van der Waals surface area contributed by atoms with Crippen LogP contribution in [0, 0.1) is 0 Å². The van der Waals surface area contributed by atoms with Gasteiger partial charge in [-0.3, -0.25) is 9.48 Å². The van der Waals surface area contributed by atoms with Crippen LogP contribution in [0.5, 0.6) is 0 Å². The van der Waals surface area contributed by atoms with Gasteiger partial charge in [0, 0.05) is 28.4 Å². The lowest BCUT2D eigenvalue weighted by Crippen LogP contribution is -2.29. The number of carbonyl (C=O) groups excluding carboxylic acids is 1. The summed E-state index contributed by atoms with van der Waals surface area (Å²) in [6.07, 6.45) is -3.37. The van der Waals surface area contributed by atoms with Crippen molar-refractivity contribution in [3.63, 3.8) is 0 Å². The number of halogens is 4. The molecule has 2 aromatic rings. The van der Waals surface area contributed by atoms with E-state index in [1.54, 1.807) is 23.9 Å². The van der Waals surface area contributed by atoms with Crippen LogP contribution < -0.4 is 5.32 Å². The van der Waals surface area contributed by atoms with E-state index in [0.29, 0.717) is 17.3 Å². The number of carbonyl (C=O) groups is 1. The van der Waals surface area contributed by atoms with Crippen LogP contribution in [0.2, 0.25) is 5.02 Å². The van der Waals surface area contributed by atoms with Crippen molar-refractivity contribution in [2.75, 3.05) is 12.3 Å². The van der Waals surface area contributed by atoms with E-state index in [4.69, 9.17) is 11.6 Å². The topological polar surface area (TPSA) is 46.9 Å². The van der Waals surface area contributed by atoms with Crippen LogP contribution in [0.4, 0.5) is 13.2 Å². The number of hydrogen-bond donors (Lipinski definition) is 1. The summed E-state index contributed by atoms with van der Waals surface area (Å²) in [4.78, 5) is 12.7. The minimum absolute atomic E-state index is 0.248. The molecular weight excluding hydrogens is 351 g/mol. The summed E-state index contributed by atoms with van der Waals surface area (Å²) in [5, 5.41) is 6.60. The van der Waals surface area contributed by atoms with Crippen LogP contribution in [0.25, 0.3) is 0 Å². The monoisotopic (exact) mass is 363 g/mol. The molecule has 0 radical (unpaired) electrons. The van der Waals surface area contributed by atoms with Crippen LogP contribution in [-0.2, 0) is 17.5 Å². The van der Waals surface area contributed by atoms with Gasteiger partial charge in [-0.25, -0.2) is 0 Å². The second-order valence-corrected chi connectivity index (χ2v) is 6.15. The van der Waals surface area contributed by atoms with Crippen LogP contribution in [-0.4, -0.2) is 28.0 Å². The molecule has 0 aliphatic heterocycles. The van der Waals surface area contributed by atoms with Crippen molar-refractivity contribution in [2.24, 2.45) is 0 Å². The number of thioether (sulfide) groups is 1. The highest BCUT2D eigenvalue weighted by Gasteiger charge is 2.33. The van der Waals surface area contributed by atoms with Crippen LogP contribution >= 0.6 is 23.4 Å². The average molecular weight is 364 g/mol. The predicted octanol–water partition coefficient (Wildman–Crippen LogP) is 3.46. The van der Waals surface area contributed by atoms with E-state index in [1.807, 2.05) is 12.1 Å². The lowest BCUT2D eigenvalue weighted by atomic mass is 10.4. The first-order valence-corrected chi connectivity index (χ1v) is 7.96. The summed E-state index contributed by atoms with van der Waals surface area (Å²) in [5.41, 5.74) is -1.01. The summed E-state index contributed by atoms with van der Waals surface area (Å²) in [6.45, 7) is 0.154. The summed E-state index contributed by atoms with van der Waals surface area (Å²) < 4.78 is 38.1. The Balaban J connectivity index is 1.71. The summed E-state index contributed by atoms with van der Waals surface area (Å²) in [5.74, 6) is 0.249. The van der Waals surface area contributed by atoms with Gasteiger partial charge in [-0.15, -0.1) is 11.8 Å². The summed E-state index contributed by atoms with van der Waals surface area (Å²) >= 11 is 7.32. The zero-order valence-corrected chi connectivity index (χ0v) is 13.4. The first-order valence-electron chi connectivity index (χ1n) is 6.60. The molecular formula is C14H13ClF3N3OS. The van der Waals surface area contributed by atoms with Crippen LogP contribution in [0.15, 0.2) is 41.4 Å². The molecule has 0 aliphatic carbocycles. The molecule has 0 saturated carbocycles. The maximum atomic E-state index is 12.4. The number of amides is 1. The average Bonchev–Trinajstić information content (AvgIpc) is 2.94. The molecule has 0 saturated heterocycles. The minimum atomic E-state index is -4.50. The molecule has 9 heteroatoms. The van der Waals surface area contributed by atoms with Gasteiger partial charge in [-0.1, -0.05) is 11.6 Å². The fourth-order valence-corrected chi connectivity index (χ4v) is 2.59. The van der Waals surface area contributed by atoms with Gasteiger partial charge in [-0.2, -0.15) is 18.3 Å². The van der Waals surface area contributed by atoms with Crippen molar-refractivity contribution in [1.29, 1.82) is 0 Å². The normalized spacial score (nSPS) is 11.5. The maximum absolute atomic E-state index is 12.4. The van der Waals surface area contributed by atoms with Gasteiger partial charge in [0.1, 0.15) is 6.54 Å². The van der Waals surface area contributed by atoms with E-state index in [1.165, 1.54) is 0 Å². The lowest BCUT2D eigenvalue weighted by molar-refractivity contribution is -0.141. The lowest BCUT2D eigenvalue weighted by Gasteiger charge is -2.06. The second kappa shape index (κ2) is 7.74. The quantitative estimate of drug-likeness (QED) is 0.631. The van der Waals surface area contributed by atoms with Gasteiger partial charge in [-0.05, 0) is 30.3 Å². The maximum Gasteiger partial charge on any atom is 0.435 e. The third-order valence-corrected chi connectivity index (χ3v) is 4.01. The number of rotatable bonds is 6. The molecule has 1 heterocycles. The molecule has 1 amide bonds. The van der Waals surface area contributed by atoms with Gasteiger partial charge in [0.2, 0.25) is 5.91 Å². The highest BCUT2D eigenvalue weighted by atomic mass is 35.5. The first kappa shape index (κ1) is 17.7. The number of alkyl halides is 3. The van der Waals surface area contributed by atoms with Crippen molar-refractivity contribution in [2.45, 2.75) is 17.6 Å². The van der Waals surface area contributed by atoms with Crippen molar-refractivity contribution in [3.05, 3.63) is 47.2 Å². The van der Waals surface area contributed by atoms with Gasteiger partial charge in [0.15, 0.2) is 5.69 Å². The SMILES string of the molecule is O=C(Cn1ccc(C(F)(F)F)n1)NCCSc1ccc(Cl)cc1. The molecule has 1 aromatic heterocycles. The molecule has 1 N–H and O–H groups in total. The predicted molar refractivity (Wildman–Crippen MR) is 82.4 cm³/mol. The van der Waals surface area contributed by atoms with Crippen LogP contribution in [0.1, 0.15) is 5.69 Å². The number of nitrogens with zero attached hydrogens (tertiary/aromatic N) is 2. The van der Waals surface area contributed by atoms with Crippen molar-refractivity contribution < 1.29 is 18.0 Å². The third kappa shape index (κ3) is 5.80. The fraction of sp³-hybridized carbons (Fsp3) is 0.286. The molecule has 0 unspecified atom stereocenters. The van der Waals surface area contributed by atoms with E-state index >= 15 is 0 Å². The van der Waals surface area contributed by atoms with E-state index in [9.17, 15) is 18.0 Å². The van der Waals surface area contributed by atoms with E-state index in [0.717, 1.165) is 21.8 Å². The molecule has 124 valence electrons. The Hall–Kier alpha value is -1.67. The second-order valence-electron chi connectivity index (χ2n) is 4.55. The van der Waals surface area contributed by atoms with Crippen molar-refractivity contribution in [3.8, 4) is 0 Å². The molecule has 0 bridgehead atoms. The summed E-state index contributed by atoms with van der Waals surface area (Å²) in [7, 11) is 0. The molecule has 2 rings (SSSR count). The molecule has 0 spiro atoms. The Morgan fingerprint density at radius 1 is 1.26 bits per heavy atom. The van der Waals surface area contributed by atoms with E-state index < -0.39 is 17.8 Å². The van der Waals surface area contributed by atoms with Gasteiger partial charge < -0.3 is 5.32 Å². The Morgan fingerprint density at radius 3 is 2.57 bits per heavy atom. The number of nitrogens with one attached hydrogen (secondary N) is 1. The molecule has 4 nitrogen and oxygen atoms in total. The van der Waals surface area contributed by atoms with E-state index in [-0.39, 0.29) is 6.54 Å². The van der Waals surface area contributed by atoms with Crippen molar-refractivity contribution >= 4 is 29.3 Å². The Bertz CT molecular complexity index is 658. The standard InChI is InChI=1S/C14H13ClF3N3OS/c15-10-1-3-11(4-2-10)23-8-6-19-13(22)9-21-7-5-12(20-21)14(16,17)18/h1-5,7H,6,8-9H2,(H,19,22). The molecule has 0 aliphatic rings. The molecule has 0 fully saturated rings. The third-order valence-electron chi connectivity index (χ3n) is 2.74. The Kier molecular flexibility index (Phi) is 5.95. The zero-order chi connectivity index (χ0) is 16.9. The smallest absolute Gasteiger partial charge is 0.354 e. The summed E-state index contributed by atoms with van der Waals surface area (Å²) in [6, 6.07) is 8.13. The first-order chi connectivity index (χ1) is 10.8. The van der Waals surface area contributed by atoms with Gasteiger partial charge in [0.05, 0.1) is 0 Å². The number of hydrogen-bond acceptors (Lipinski definition) is 3. The van der Waals surface area contributed by atoms with Gasteiger partial charge >= 0.3 is 6.18 Å². The molecule has 23 heavy (non-hydrogen) atoms. The number of benzene rings is 1. The zero-order valence-electron chi connectivity index (χ0n) is 11.8. The molecule has 0 atom stereocenters. The Morgan fingerprint density at radius 2 is 1.96 bits per heavy atom. The molecule has 1 aromatic carbocycles. The van der Waals surface area contributed by atoms with Crippen LogP contribution in [0.3, 0.4) is 0 Å². The highest BCUT2D eigenvalue weighted by Crippen LogP contribution is 2.27. The number of aromatic nitrogens is 2. The minimum Gasteiger partial charge on any atom is -0.354 e. The highest BCUT2D eigenvalue weighted by molar-refractivity contribution is 7.99.